The van der Waals surface area contributed by atoms with E-state index in [4.69, 9.17) is 10.00 Å². The number of nitriles is 1. The van der Waals surface area contributed by atoms with Gasteiger partial charge < -0.3 is 4.74 Å². The van der Waals surface area contributed by atoms with Gasteiger partial charge in [0.15, 0.2) is 0 Å². The molecule has 0 spiro atoms. The molecule has 1 saturated carbocycles. The highest BCUT2D eigenvalue weighted by Gasteiger charge is 2.30. The molecule has 0 atom stereocenters. The van der Waals surface area contributed by atoms with Crippen LogP contribution in [-0.2, 0) is 10.0 Å². The van der Waals surface area contributed by atoms with Gasteiger partial charge in [0, 0.05) is 19.0 Å². The third kappa shape index (κ3) is 3.57. The number of benzene rings is 1. The van der Waals surface area contributed by atoms with Crippen LogP contribution in [0.2, 0.25) is 0 Å². The first-order chi connectivity index (χ1) is 11.5. The number of hydrogen-bond donors (Lipinski definition) is 0. The molecule has 0 radical (unpaired) electrons. The molecule has 130 valence electrons. The van der Waals surface area contributed by atoms with Crippen LogP contribution in [-0.4, -0.2) is 31.9 Å². The van der Waals surface area contributed by atoms with Crippen molar-refractivity contribution >= 4 is 10.0 Å². The zero-order chi connectivity index (χ0) is 17.2. The van der Waals surface area contributed by atoms with Gasteiger partial charge in [-0.05, 0) is 69.2 Å². The summed E-state index contributed by atoms with van der Waals surface area (Å²) in [4.78, 5) is 0.344. The van der Waals surface area contributed by atoms with E-state index in [1.807, 2.05) is 13.0 Å². The van der Waals surface area contributed by atoms with Crippen molar-refractivity contribution in [2.75, 3.05) is 13.1 Å². The first kappa shape index (κ1) is 17.2. The highest BCUT2D eigenvalue weighted by atomic mass is 32.2. The standard InChI is InChI=1S/C18H24N2O3S/c1-14-12-17(23-16-4-2-3-5-16)6-7-18(14)24(21,22)20-10-8-15(13-19)9-11-20/h6-7,12,15-16H,2-5,8-11H2,1H3. The number of hydrogen-bond acceptors (Lipinski definition) is 4. The van der Waals surface area contributed by atoms with Crippen molar-refractivity contribution in [1.29, 1.82) is 5.26 Å². The molecule has 1 aromatic rings. The second-order valence-electron chi connectivity index (χ2n) is 6.76. The van der Waals surface area contributed by atoms with E-state index >= 15 is 0 Å². The lowest BCUT2D eigenvalue weighted by molar-refractivity contribution is 0.210. The maximum atomic E-state index is 12.9. The first-order valence-corrected chi connectivity index (χ1v) is 10.1. The monoisotopic (exact) mass is 348 g/mol. The Morgan fingerprint density at radius 3 is 2.42 bits per heavy atom. The van der Waals surface area contributed by atoms with Gasteiger partial charge >= 0.3 is 0 Å². The Bertz CT molecular complexity index is 725. The van der Waals surface area contributed by atoms with Gasteiger partial charge in [0.1, 0.15) is 5.75 Å². The summed E-state index contributed by atoms with van der Waals surface area (Å²) >= 11 is 0. The van der Waals surface area contributed by atoms with E-state index in [1.54, 1.807) is 12.1 Å². The molecule has 1 heterocycles. The molecule has 1 aliphatic carbocycles. The largest absolute Gasteiger partial charge is 0.490 e. The van der Waals surface area contributed by atoms with E-state index in [9.17, 15) is 8.42 Å². The maximum absolute atomic E-state index is 12.9. The molecule has 0 aromatic heterocycles. The van der Waals surface area contributed by atoms with Crippen LogP contribution >= 0.6 is 0 Å². The average Bonchev–Trinajstić information content (AvgIpc) is 3.07. The molecular formula is C18H24N2O3S. The Morgan fingerprint density at radius 2 is 1.83 bits per heavy atom. The van der Waals surface area contributed by atoms with Crippen molar-refractivity contribution in [3.05, 3.63) is 23.8 Å². The molecule has 24 heavy (non-hydrogen) atoms. The van der Waals surface area contributed by atoms with Crippen molar-refractivity contribution in [3.8, 4) is 11.8 Å². The second-order valence-corrected chi connectivity index (χ2v) is 8.67. The van der Waals surface area contributed by atoms with Crippen molar-refractivity contribution in [3.63, 3.8) is 0 Å². The van der Waals surface area contributed by atoms with Gasteiger partial charge in [-0.25, -0.2) is 8.42 Å². The molecule has 3 rings (SSSR count). The van der Waals surface area contributed by atoms with E-state index in [0.717, 1.165) is 18.6 Å². The average molecular weight is 348 g/mol. The number of sulfonamides is 1. The fourth-order valence-corrected chi connectivity index (χ4v) is 5.22. The fraction of sp³-hybridized carbons (Fsp3) is 0.611. The predicted molar refractivity (Wildman–Crippen MR) is 91.2 cm³/mol. The smallest absolute Gasteiger partial charge is 0.243 e. The van der Waals surface area contributed by atoms with Crippen molar-refractivity contribution < 1.29 is 13.2 Å². The lowest BCUT2D eigenvalue weighted by Crippen LogP contribution is -2.38. The van der Waals surface area contributed by atoms with Gasteiger partial charge in [0.2, 0.25) is 10.0 Å². The molecular weight excluding hydrogens is 324 g/mol. The van der Waals surface area contributed by atoms with Crippen LogP contribution in [0.3, 0.4) is 0 Å². The zero-order valence-corrected chi connectivity index (χ0v) is 14.9. The van der Waals surface area contributed by atoms with Crippen LogP contribution in [0.1, 0.15) is 44.1 Å². The lowest BCUT2D eigenvalue weighted by Gasteiger charge is -2.29. The van der Waals surface area contributed by atoms with Gasteiger partial charge in [-0.1, -0.05) is 0 Å². The van der Waals surface area contributed by atoms with Crippen LogP contribution in [0.15, 0.2) is 23.1 Å². The third-order valence-corrected chi connectivity index (χ3v) is 7.06. The molecule has 5 nitrogen and oxygen atoms in total. The summed E-state index contributed by atoms with van der Waals surface area (Å²) in [7, 11) is -3.50. The topological polar surface area (TPSA) is 70.4 Å². The minimum atomic E-state index is -3.50. The minimum Gasteiger partial charge on any atom is -0.490 e. The van der Waals surface area contributed by atoms with E-state index < -0.39 is 10.0 Å². The predicted octanol–water partition coefficient (Wildman–Crippen LogP) is 3.24. The highest BCUT2D eigenvalue weighted by Crippen LogP contribution is 2.29. The normalized spacial score (nSPS) is 20.8. The summed E-state index contributed by atoms with van der Waals surface area (Å²) in [6, 6.07) is 7.48. The lowest BCUT2D eigenvalue weighted by atomic mass is 10.0. The van der Waals surface area contributed by atoms with E-state index in [2.05, 4.69) is 6.07 Å². The highest BCUT2D eigenvalue weighted by molar-refractivity contribution is 7.89. The number of aryl methyl sites for hydroxylation is 1. The SMILES string of the molecule is Cc1cc(OC2CCCC2)ccc1S(=O)(=O)N1CCC(C#N)CC1. The molecule has 1 aromatic carbocycles. The van der Waals surface area contributed by atoms with Gasteiger partial charge in [-0.15, -0.1) is 0 Å². The summed E-state index contributed by atoms with van der Waals surface area (Å²) in [6.45, 7) is 2.65. The van der Waals surface area contributed by atoms with Crippen LogP contribution in [0.4, 0.5) is 0 Å². The summed E-state index contributed by atoms with van der Waals surface area (Å²) in [5.41, 5.74) is 0.716. The Morgan fingerprint density at radius 1 is 1.17 bits per heavy atom. The third-order valence-electron chi connectivity index (χ3n) is 5.01. The molecule has 2 fully saturated rings. The van der Waals surface area contributed by atoms with Gasteiger partial charge in [0.05, 0.1) is 17.1 Å². The maximum Gasteiger partial charge on any atom is 0.243 e. The first-order valence-electron chi connectivity index (χ1n) is 8.68. The van der Waals surface area contributed by atoms with Crippen molar-refractivity contribution in [2.45, 2.75) is 56.4 Å². The van der Waals surface area contributed by atoms with E-state index in [0.29, 0.717) is 36.4 Å². The number of ether oxygens (including phenoxy) is 1. The van der Waals surface area contributed by atoms with Crippen LogP contribution in [0.5, 0.6) is 5.75 Å². The van der Waals surface area contributed by atoms with Crippen LogP contribution in [0.25, 0.3) is 0 Å². The molecule has 0 unspecified atom stereocenters. The molecule has 1 aliphatic heterocycles. The number of nitrogens with zero attached hydrogens (tertiary/aromatic N) is 2. The number of piperidine rings is 1. The molecule has 2 aliphatic rings. The summed E-state index contributed by atoms with van der Waals surface area (Å²) in [5, 5.41) is 8.96. The molecule has 0 N–H and O–H groups in total. The second kappa shape index (κ2) is 7.12. The van der Waals surface area contributed by atoms with Gasteiger partial charge in [-0.2, -0.15) is 9.57 Å². The molecule has 0 bridgehead atoms. The van der Waals surface area contributed by atoms with Gasteiger partial charge in [-0.3, -0.25) is 0 Å². The molecule has 0 amide bonds. The van der Waals surface area contributed by atoms with E-state index in [1.165, 1.54) is 17.1 Å². The Kier molecular flexibility index (Phi) is 5.12. The van der Waals surface area contributed by atoms with E-state index in [-0.39, 0.29) is 12.0 Å². The zero-order valence-electron chi connectivity index (χ0n) is 14.1. The van der Waals surface area contributed by atoms with Crippen LogP contribution < -0.4 is 4.74 Å². The molecule has 6 heteroatoms. The van der Waals surface area contributed by atoms with Crippen molar-refractivity contribution in [2.24, 2.45) is 5.92 Å². The fourth-order valence-electron chi connectivity index (χ4n) is 3.55. The Hall–Kier alpha value is -1.58. The van der Waals surface area contributed by atoms with Crippen molar-refractivity contribution in [1.82, 2.24) is 4.31 Å². The van der Waals surface area contributed by atoms with Gasteiger partial charge in [0.25, 0.3) is 0 Å². The molecule has 1 saturated heterocycles. The summed E-state index contributed by atoms with van der Waals surface area (Å²) < 4.78 is 33.2. The Labute approximate surface area is 144 Å². The van der Waals surface area contributed by atoms with Crippen LogP contribution in [0, 0.1) is 24.2 Å². The quantitative estimate of drug-likeness (QED) is 0.837. The summed E-state index contributed by atoms with van der Waals surface area (Å²) in [6.07, 6.45) is 6.04. The minimum absolute atomic E-state index is 0.0280. The number of rotatable bonds is 4. The summed E-state index contributed by atoms with van der Waals surface area (Å²) in [5.74, 6) is 0.723. The Balaban J connectivity index is 1.74.